The standard InChI is InChI=1S/C19H22F3N3O3/c1-17(2,3)28-16(26)25-5-4-18(11-25)8-13(9-18)27-15-7-12(10-23)6-14(24-15)19(20,21)22/h6-7,13H,4-5,8-9,11H2,1-3H3. The van der Waals surface area contributed by atoms with Gasteiger partial charge in [0.2, 0.25) is 5.88 Å². The summed E-state index contributed by atoms with van der Waals surface area (Å²) in [6.45, 7) is 6.55. The number of hydrogen-bond donors (Lipinski definition) is 0. The van der Waals surface area contributed by atoms with Gasteiger partial charge in [0.1, 0.15) is 17.4 Å². The highest BCUT2D eigenvalue weighted by molar-refractivity contribution is 5.68. The lowest BCUT2D eigenvalue weighted by atomic mass is 9.66. The Labute approximate surface area is 161 Å². The zero-order valence-electron chi connectivity index (χ0n) is 16.0. The summed E-state index contributed by atoms with van der Waals surface area (Å²) in [7, 11) is 0. The number of nitrogens with zero attached hydrogens (tertiary/aromatic N) is 3. The van der Waals surface area contributed by atoms with E-state index in [1.165, 1.54) is 6.07 Å². The third kappa shape index (κ3) is 4.49. The number of carbonyl (C=O) groups excluding carboxylic acids is 1. The Morgan fingerprint density at radius 3 is 2.57 bits per heavy atom. The van der Waals surface area contributed by atoms with Gasteiger partial charge in [0.05, 0.1) is 11.6 Å². The van der Waals surface area contributed by atoms with Gasteiger partial charge < -0.3 is 14.4 Å². The molecule has 1 spiro atoms. The zero-order valence-corrected chi connectivity index (χ0v) is 16.0. The molecule has 1 amide bonds. The van der Waals surface area contributed by atoms with Crippen molar-refractivity contribution in [3.05, 3.63) is 23.4 Å². The normalized spacial score (nSPS) is 24.6. The van der Waals surface area contributed by atoms with E-state index in [1.807, 2.05) is 20.8 Å². The molecule has 0 radical (unpaired) electrons. The zero-order chi connectivity index (χ0) is 20.7. The average molecular weight is 397 g/mol. The van der Waals surface area contributed by atoms with Crippen LogP contribution in [0, 0.1) is 16.7 Å². The molecule has 0 aromatic carbocycles. The smallest absolute Gasteiger partial charge is 0.433 e. The fraction of sp³-hybridized carbons (Fsp3) is 0.632. The van der Waals surface area contributed by atoms with E-state index in [-0.39, 0.29) is 29.1 Å². The van der Waals surface area contributed by atoms with Crippen molar-refractivity contribution >= 4 is 6.09 Å². The Kier molecular flexibility index (Phi) is 4.94. The molecule has 1 aromatic rings. The van der Waals surface area contributed by atoms with Gasteiger partial charge in [-0.15, -0.1) is 0 Å². The van der Waals surface area contributed by atoms with Crippen molar-refractivity contribution in [3.63, 3.8) is 0 Å². The third-order valence-corrected chi connectivity index (χ3v) is 4.92. The minimum absolute atomic E-state index is 0.0960. The molecule has 2 heterocycles. The molecule has 0 N–H and O–H groups in total. The second-order valence-electron chi connectivity index (χ2n) is 8.49. The number of aromatic nitrogens is 1. The van der Waals surface area contributed by atoms with E-state index in [0.717, 1.165) is 6.42 Å². The van der Waals surface area contributed by atoms with E-state index in [0.29, 0.717) is 32.0 Å². The molecular formula is C19H22F3N3O3. The number of likely N-dealkylation sites (tertiary alicyclic amines) is 1. The summed E-state index contributed by atoms with van der Waals surface area (Å²) in [6.07, 6.45) is -3.26. The molecular weight excluding hydrogens is 375 g/mol. The van der Waals surface area contributed by atoms with Gasteiger partial charge in [-0.1, -0.05) is 0 Å². The Morgan fingerprint density at radius 1 is 1.32 bits per heavy atom. The molecule has 1 saturated carbocycles. The predicted octanol–water partition coefficient (Wildman–Crippen LogP) is 4.14. The Bertz CT molecular complexity index is 805. The first-order chi connectivity index (χ1) is 12.9. The highest BCUT2D eigenvalue weighted by Gasteiger charge is 2.51. The van der Waals surface area contributed by atoms with Gasteiger partial charge in [-0.05, 0) is 51.5 Å². The number of alkyl halides is 3. The first-order valence-corrected chi connectivity index (χ1v) is 9.03. The highest BCUT2D eigenvalue weighted by atomic mass is 19.4. The number of pyridine rings is 1. The minimum atomic E-state index is -4.65. The van der Waals surface area contributed by atoms with Crippen molar-refractivity contribution in [2.24, 2.45) is 5.41 Å². The van der Waals surface area contributed by atoms with E-state index in [1.54, 1.807) is 11.0 Å². The number of carbonyl (C=O) groups is 1. The van der Waals surface area contributed by atoms with E-state index < -0.39 is 17.5 Å². The van der Waals surface area contributed by atoms with Crippen molar-refractivity contribution in [3.8, 4) is 11.9 Å². The molecule has 152 valence electrons. The van der Waals surface area contributed by atoms with Gasteiger partial charge in [-0.2, -0.15) is 18.4 Å². The summed E-state index contributed by atoms with van der Waals surface area (Å²) in [6, 6.07) is 3.61. The van der Waals surface area contributed by atoms with Crippen LogP contribution in [-0.2, 0) is 10.9 Å². The minimum Gasteiger partial charge on any atom is -0.474 e. The largest absolute Gasteiger partial charge is 0.474 e. The van der Waals surface area contributed by atoms with Gasteiger partial charge in [0.15, 0.2) is 0 Å². The summed E-state index contributed by atoms with van der Waals surface area (Å²) < 4.78 is 49.7. The van der Waals surface area contributed by atoms with Crippen molar-refractivity contribution in [2.45, 2.75) is 57.9 Å². The molecule has 1 aromatic heterocycles. The van der Waals surface area contributed by atoms with Crippen LogP contribution >= 0.6 is 0 Å². The molecule has 6 nitrogen and oxygen atoms in total. The van der Waals surface area contributed by atoms with Crippen LogP contribution in [0.3, 0.4) is 0 Å². The van der Waals surface area contributed by atoms with Gasteiger partial charge in [0, 0.05) is 19.2 Å². The number of hydrogen-bond acceptors (Lipinski definition) is 5. The molecule has 2 aliphatic rings. The summed E-state index contributed by atoms with van der Waals surface area (Å²) in [5, 5.41) is 8.94. The Hall–Kier alpha value is -2.50. The molecule has 28 heavy (non-hydrogen) atoms. The average Bonchev–Trinajstić information content (AvgIpc) is 2.97. The maximum Gasteiger partial charge on any atom is 0.433 e. The van der Waals surface area contributed by atoms with E-state index in [4.69, 9.17) is 14.7 Å². The molecule has 1 saturated heterocycles. The molecule has 2 fully saturated rings. The highest BCUT2D eigenvalue weighted by Crippen LogP contribution is 2.49. The van der Waals surface area contributed by atoms with Crippen molar-refractivity contribution < 1.29 is 27.4 Å². The van der Waals surface area contributed by atoms with Crippen LogP contribution in [0.25, 0.3) is 0 Å². The van der Waals surface area contributed by atoms with Crippen molar-refractivity contribution in [1.82, 2.24) is 9.88 Å². The summed E-state index contributed by atoms with van der Waals surface area (Å²) in [5.41, 5.74) is -1.96. The van der Waals surface area contributed by atoms with Crippen LogP contribution < -0.4 is 4.74 Å². The Balaban J connectivity index is 1.59. The van der Waals surface area contributed by atoms with Crippen LogP contribution in [0.15, 0.2) is 12.1 Å². The molecule has 0 atom stereocenters. The second-order valence-corrected chi connectivity index (χ2v) is 8.49. The summed E-state index contributed by atoms with van der Waals surface area (Å²) in [4.78, 5) is 17.3. The first kappa shape index (κ1) is 20.2. The fourth-order valence-corrected chi connectivity index (χ4v) is 3.69. The van der Waals surface area contributed by atoms with E-state index in [9.17, 15) is 18.0 Å². The molecule has 0 bridgehead atoms. The maximum atomic E-state index is 12.9. The number of rotatable bonds is 2. The summed E-state index contributed by atoms with van der Waals surface area (Å²) in [5.74, 6) is -0.201. The van der Waals surface area contributed by atoms with Crippen molar-refractivity contribution in [1.29, 1.82) is 5.26 Å². The predicted molar refractivity (Wildman–Crippen MR) is 92.5 cm³/mol. The second kappa shape index (κ2) is 6.83. The van der Waals surface area contributed by atoms with Crippen LogP contribution in [-0.4, -0.2) is 40.8 Å². The quantitative estimate of drug-likeness (QED) is 0.750. The van der Waals surface area contributed by atoms with Gasteiger partial charge in [0.25, 0.3) is 0 Å². The number of ether oxygens (including phenoxy) is 2. The molecule has 9 heteroatoms. The Morgan fingerprint density at radius 2 is 2.00 bits per heavy atom. The molecule has 1 aliphatic carbocycles. The third-order valence-electron chi connectivity index (χ3n) is 4.92. The van der Waals surface area contributed by atoms with Crippen LogP contribution in [0.5, 0.6) is 5.88 Å². The molecule has 1 aliphatic heterocycles. The molecule has 3 rings (SSSR count). The maximum absolute atomic E-state index is 12.9. The SMILES string of the molecule is CC(C)(C)OC(=O)N1CCC2(CC(Oc3cc(C#N)cc(C(F)(F)F)n3)C2)C1. The van der Waals surface area contributed by atoms with Gasteiger partial charge in [-0.25, -0.2) is 9.78 Å². The number of nitriles is 1. The first-order valence-electron chi connectivity index (χ1n) is 9.03. The topological polar surface area (TPSA) is 75.4 Å². The van der Waals surface area contributed by atoms with Crippen LogP contribution in [0.2, 0.25) is 0 Å². The van der Waals surface area contributed by atoms with Crippen LogP contribution in [0.4, 0.5) is 18.0 Å². The lowest BCUT2D eigenvalue weighted by Crippen LogP contribution is -2.47. The summed E-state index contributed by atoms with van der Waals surface area (Å²) >= 11 is 0. The van der Waals surface area contributed by atoms with Crippen LogP contribution in [0.1, 0.15) is 51.3 Å². The van der Waals surface area contributed by atoms with E-state index >= 15 is 0 Å². The fourth-order valence-electron chi connectivity index (χ4n) is 3.69. The molecule has 0 unspecified atom stereocenters. The number of amides is 1. The van der Waals surface area contributed by atoms with Gasteiger partial charge in [-0.3, -0.25) is 0 Å². The number of halogens is 3. The van der Waals surface area contributed by atoms with E-state index in [2.05, 4.69) is 4.98 Å². The van der Waals surface area contributed by atoms with Crippen molar-refractivity contribution in [2.75, 3.05) is 13.1 Å². The lowest BCUT2D eigenvalue weighted by molar-refractivity contribution is -0.141. The van der Waals surface area contributed by atoms with Gasteiger partial charge >= 0.3 is 12.3 Å². The lowest BCUT2D eigenvalue weighted by Gasteiger charge is -2.44. The monoisotopic (exact) mass is 397 g/mol.